The van der Waals surface area contributed by atoms with Gasteiger partial charge in [-0.05, 0) is 61.4 Å². The van der Waals surface area contributed by atoms with Crippen molar-refractivity contribution in [2.24, 2.45) is 11.8 Å². The zero-order chi connectivity index (χ0) is 20.5. The highest BCUT2D eigenvalue weighted by Gasteiger charge is 2.26. The van der Waals surface area contributed by atoms with Crippen LogP contribution in [0.25, 0.3) is 5.57 Å². The smallest absolute Gasteiger partial charge is 0.258 e. The van der Waals surface area contributed by atoms with Crippen LogP contribution < -0.4 is 10.1 Å². The van der Waals surface area contributed by atoms with E-state index in [1.54, 1.807) is 6.07 Å². The Kier molecular flexibility index (Phi) is 5.18. The van der Waals surface area contributed by atoms with Crippen LogP contribution in [0.5, 0.6) is 5.75 Å². The monoisotopic (exact) mass is 394 g/mol. The van der Waals surface area contributed by atoms with Gasteiger partial charge in [0.1, 0.15) is 11.6 Å². The molecule has 150 valence electrons. The van der Waals surface area contributed by atoms with Crippen LogP contribution in [0.1, 0.15) is 58.7 Å². The van der Waals surface area contributed by atoms with Crippen LogP contribution in [-0.2, 0) is 6.42 Å². The standard InChI is InChI=1S/C23H23FN2O3/c1-13-7-17-8-16(11-27)10-25-22(17)14(2)21(13)26-23(28)19-6-5-18(9-20(19)24)29-12-15-3-4-15/h5-6,8-11,13,15H,3-4,7,12H2,1-2H3,(H,26,28). The molecular formula is C23H23FN2O3. The van der Waals surface area contributed by atoms with Gasteiger partial charge >= 0.3 is 0 Å². The van der Waals surface area contributed by atoms with Gasteiger partial charge in [0, 0.05) is 29.4 Å². The molecule has 6 heteroatoms. The Hall–Kier alpha value is -3.02. The quantitative estimate of drug-likeness (QED) is 0.747. The van der Waals surface area contributed by atoms with Crippen LogP contribution in [-0.4, -0.2) is 23.8 Å². The number of aldehydes is 1. The molecule has 1 N–H and O–H groups in total. The summed E-state index contributed by atoms with van der Waals surface area (Å²) < 4.78 is 20.1. The van der Waals surface area contributed by atoms with E-state index in [1.807, 2.05) is 19.9 Å². The molecule has 1 heterocycles. The van der Waals surface area contributed by atoms with Crippen LogP contribution in [0.3, 0.4) is 0 Å². The molecule has 1 aromatic heterocycles. The zero-order valence-electron chi connectivity index (χ0n) is 16.5. The third-order valence-corrected chi connectivity index (χ3v) is 5.52. The number of pyridine rings is 1. The first-order chi connectivity index (χ1) is 14.0. The van der Waals surface area contributed by atoms with Crippen LogP contribution >= 0.6 is 0 Å². The number of nitrogens with zero attached hydrogens (tertiary/aromatic N) is 1. The summed E-state index contributed by atoms with van der Waals surface area (Å²) in [4.78, 5) is 28.1. The largest absolute Gasteiger partial charge is 0.493 e. The second-order valence-electron chi connectivity index (χ2n) is 7.89. The average molecular weight is 394 g/mol. The third-order valence-electron chi connectivity index (χ3n) is 5.52. The van der Waals surface area contributed by atoms with Gasteiger partial charge in [-0.2, -0.15) is 0 Å². The topological polar surface area (TPSA) is 68.3 Å². The number of allylic oxidation sites excluding steroid dienone is 2. The molecule has 1 atom stereocenters. The van der Waals surface area contributed by atoms with Crippen LogP contribution in [0.15, 0.2) is 36.2 Å². The molecule has 0 spiro atoms. The summed E-state index contributed by atoms with van der Waals surface area (Å²) in [7, 11) is 0. The van der Waals surface area contributed by atoms with Crippen LogP contribution in [0.2, 0.25) is 0 Å². The lowest BCUT2D eigenvalue weighted by molar-refractivity contribution is 0.0957. The number of carbonyl (C=O) groups excluding carboxylic acids is 2. The van der Waals surface area contributed by atoms with E-state index in [1.165, 1.54) is 18.3 Å². The number of hydrogen-bond acceptors (Lipinski definition) is 4. The molecule has 2 aliphatic carbocycles. The van der Waals surface area contributed by atoms with Gasteiger partial charge in [-0.15, -0.1) is 0 Å². The minimum absolute atomic E-state index is 0.0133. The maximum absolute atomic E-state index is 14.5. The van der Waals surface area contributed by atoms with Crippen molar-refractivity contribution < 1.29 is 18.7 Å². The molecule has 2 aromatic rings. The molecule has 0 bridgehead atoms. The second-order valence-corrected chi connectivity index (χ2v) is 7.89. The highest BCUT2D eigenvalue weighted by atomic mass is 19.1. The predicted molar refractivity (Wildman–Crippen MR) is 107 cm³/mol. The zero-order valence-corrected chi connectivity index (χ0v) is 16.5. The van der Waals surface area contributed by atoms with E-state index >= 15 is 0 Å². The van der Waals surface area contributed by atoms with Gasteiger partial charge in [-0.1, -0.05) is 6.92 Å². The molecule has 0 radical (unpaired) electrons. The number of aromatic nitrogens is 1. The van der Waals surface area contributed by atoms with Gasteiger partial charge in [0.05, 0.1) is 17.9 Å². The van der Waals surface area contributed by atoms with E-state index in [0.29, 0.717) is 30.3 Å². The van der Waals surface area contributed by atoms with E-state index in [-0.39, 0.29) is 11.5 Å². The fraction of sp³-hybridized carbons (Fsp3) is 0.348. The van der Waals surface area contributed by atoms with Crippen molar-refractivity contribution in [3.8, 4) is 5.75 Å². The van der Waals surface area contributed by atoms with Gasteiger partial charge in [0.15, 0.2) is 6.29 Å². The molecule has 1 unspecified atom stereocenters. The van der Waals surface area contributed by atoms with Gasteiger partial charge in [0.25, 0.3) is 5.91 Å². The van der Waals surface area contributed by atoms with Crippen LogP contribution in [0, 0.1) is 17.7 Å². The Morgan fingerprint density at radius 3 is 2.83 bits per heavy atom. The fourth-order valence-electron chi connectivity index (χ4n) is 3.69. The van der Waals surface area contributed by atoms with Crippen molar-refractivity contribution in [1.82, 2.24) is 10.3 Å². The van der Waals surface area contributed by atoms with Gasteiger partial charge < -0.3 is 10.1 Å². The summed E-state index contributed by atoms with van der Waals surface area (Å²) in [5.41, 5.74) is 3.79. The van der Waals surface area contributed by atoms with E-state index in [2.05, 4.69) is 10.3 Å². The van der Waals surface area contributed by atoms with Crippen LogP contribution in [0.4, 0.5) is 4.39 Å². The summed E-state index contributed by atoms with van der Waals surface area (Å²) in [5.74, 6) is -0.0734. The lowest BCUT2D eigenvalue weighted by Gasteiger charge is -2.27. The molecule has 4 rings (SSSR count). The lowest BCUT2D eigenvalue weighted by atomic mass is 9.85. The first-order valence-corrected chi connectivity index (χ1v) is 9.85. The summed E-state index contributed by atoms with van der Waals surface area (Å²) in [6, 6.07) is 6.18. The highest BCUT2D eigenvalue weighted by molar-refractivity contribution is 5.96. The summed E-state index contributed by atoms with van der Waals surface area (Å²) in [5, 5.41) is 2.88. The minimum Gasteiger partial charge on any atom is -0.493 e. The number of fused-ring (bicyclic) bond motifs is 1. The predicted octanol–water partition coefficient (Wildman–Crippen LogP) is 4.18. The number of amides is 1. The first kappa shape index (κ1) is 19.3. The maximum atomic E-state index is 14.5. The Morgan fingerprint density at radius 2 is 2.14 bits per heavy atom. The number of hydrogen-bond donors (Lipinski definition) is 1. The average Bonchev–Trinajstić information content (AvgIpc) is 3.53. The number of rotatable bonds is 6. The van der Waals surface area contributed by atoms with E-state index in [4.69, 9.17) is 4.74 Å². The molecule has 2 aliphatic rings. The molecule has 0 saturated heterocycles. The molecular weight excluding hydrogens is 371 g/mol. The Balaban J connectivity index is 1.54. The number of halogens is 1. The summed E-state index contributed by atoms with van der Waals surface area (Å²) >= 11 is 0. The van der Waals surface area contributed by atoms with Crippen molar-refractivity contribution in [3.63, 3.8) is 0 Å². The second kappa shape index (κ2) is 7.78. The molecule has 1 aromatic carbocycles. The van der Waals surface area contributed by atoms with Crippen molar-refractivity contribution in [2.45, 2.75) is 33.1 Å². The van der Waals surface area contributed by atoms with Crippen molar-refractivity contribution >= 4 is 17.8 Å². The SMILES string of the molecule is CC1=C(NC(=O)c2ccc(OCC3CC3)cc2F)C(C)Cc2cc(C=O)cnc21. The molecule has 0 aliphatic heterocycles. The minimum atomic E-state index is -0.605. The number of benzene rings is 1. The van der Waals surface area contributed by atoms with E-state index < -0.39 is 11.7 Å². The van der Waals surface area contributed by atoms with Crippen molar-refractivity contribution in [2.75, 3.05) is 6.61 Å². The molecule has 1 saturated carbocycles. The normalized spacial score (nSPS) is 18.2. The first-order valence-electron chi connectivity index (χ1n) is 9.85. The lowest BCUT2D eigenvalue weighted by Crippen LogP contribution is -2.31. The Labute approximate surface area is 169 Å². The Bertz CT molecular complexity index is 1010. The molecule has 5 nitrogen and oxygen atoms in total. The van der Waals surface area contributed by atoms with Gasteiger partial charge in [-0.25, -0.2) is 4.39 Å². The van der Waals surface area contributed by atoms with Gasteiger partial charge in [-0.3, -0.25) is 14.6 Å². The fourth-order valence-corrected chi connectivity index (χ4v) is 3.69. The molecule has 1 amide bonds. The highest BCUT2D eigenvalue weighted by Crippen LogP contribution is 2.33. The number of nitrogens with one attached hydrogen (secondary N) is 1. The van der Waals surface area contributed by atoms with Gasteiger partial charge in [0.2, 0.25) is 0 Å². The molecule has 1 fully saturated rings. The summed E-state index contributed by atoms with van der Waals surface area (Å²) in [6.45, 7) is 4.45. The Morgan fingerprint density at radius 1 is 1.34 bits per heavy atom. The summed E-state index contributed by atoms with van der Waals surface area (Å²) in [6.07, 6.45) is 5.25. The van der Waals surface area contributed by atoms with E-state index in [9.17, 15) is 14.0 Å². The maximum Gasteiger partial charge on any atom is 0.258 e. The third kappa shape index (κ3) is 4.06. The molecule has 29 heavy (non-hydrogen) atoms. The van der Waals surface area contributed by atoms with Crippen molar-refractivity contribution in [3.05, 3.63) is 64.4 Å². The van der Waals surface area contributed by atoms with Crippen molar-refractivity contribution in [1.29, 1.82) is 0 Å². The van der Waals surface area contributed by atoms with E-state index in [0.717, 1.165) is 41.7 Å². The number of carbonyl (C=O) groups is 2. The number of ether oxygens (including phenoxy) is 1.